The molecule has 0 aromatic rings. The number of unbranched alkanes of at least 4 members (excludes halogenated alkanes) is 3. The predicted octanol–water partition coefficient (Wildman–Crippen LogP) is 5.65. The van der Waals surface area contributed by atoms with Gasteiger partial charge < -0.3 is 0 Å². The minimum atomic E-state index is 0.107. The van der Waals surface area contributed by atoms with Crippen LogP contribution in [0.15, 0.2) is 0 Å². The largest absolute Gasteiger partial charge is 0.236 e. The van der Waals surface area contributed by atoms with Crippen molar-refractivity contribution in [3.8, 4) is 0 Å². The van der Waals surface area contributed by atoms with Crippen LogP contribution in [-0.2, 0) is 9.78 Å². The van der Waals surface area contributed by atoms with E-state index in [1.165, 1.54) is 70.6 Å². The van der Waals surface area contributed by atoms with Gasteiger partial charge in [0.25, 0.3) is 0 Å². The first-order valence-corrected chi connectivity index (χ1v) is 9.10. The van der Waals surface area contributed by atoms with Crippen LogP contribution in [0.4, 0.5) is 0 Å². The molecule has 2 rings (SSSR count). The van der Waals surface area contributed by atoms with Gasteiger partial charge in [0.15, 0.2) is 0 Å². The third-order valence-electron chi connectivity index (χ3n) is 5.57. The second-order valence-electron chi connectivity index (χ2n) is 7.07. The van der Waals surface area contributed by atoms with Crippen LogP contribution in [0.3, 0.4) is 0 Å². The van der Waals surface area contributed by atoms with Crippen LogP contribution in [0.25, 0.3) is 0 Å². The molecule has 1 heterocycles. The highest BCUT2D eigenvalue weighted by atomic mass is 17.2. The Hall–Kier alpha value is -0.0800. The fourth-order valence-corrected chi connectivity index (χ4v) is 4.23. The van der Waals surface area contributed by atoms with Crippen molar-refractivity contribution in [1.29, 1.82) is 0 Å². The molecule has 2 fully saturated rings. The van der Waals surface area contributed by atoms with Gasteiger partial charge in [0.05, 0.1) is 6.61 Å². The lowest BCUT2D eigenvalue weighted by Gasteiger charge is -2.38. The number of hydrogen-bond donors (Lipinski definition) is 0. The maximum absolute atomic E-state index is 5.58. The highest BCUT2D eigenvalue weighted by Crippen LogP contribution is 2.44. The van der Waals surface area contributed by atoms with Gasteiger partial charge in [0, 0.05) is 6.42 Å². The zero-order chi connectivity index (χ0) is 14.3. The first kappa shape index (κ1) is 16.3. The zero-order valence-electron chi connectivity index (χ0n) is 13.7. The van der Waals surface area contributed by atoms with Gasteiger partial charge in [-0.2, -0.15) is 0 Å². The van der Waals surface area contributed by atoms with Crippen LogP contribution in [0.1, 0.15) is 90.9 Å². The molecular formula is C18H34O2. The quantitative estimate of drug-likeness (QED) is 0.423. The van der Waals surface area contributed by atoms with Crippen molar-refractivity contribution in [3.05, 3.63) is 0 Å². The molecule has 2 heteroatoms. The van der Waals surface area contributed by atoms with Crippen molar-refractivity contribution < 1.29 is 9.78 Å². The van der Waals surface area contributed by atoms with Gasteiger partial charge in [-0.25, -0.2) is 9.78 Å². The Bertz CT molecular complexity index is 248. The number of rotatable bonds is 8. The van der Waals surface area contributed by atoms with Crippen molar-refractivity contribution >= 4 is 0 Å². The summed E-state index contributed by atoms with van der Waals surface area (Å²) in [7, 11) is 0. The third-order valence-corrected chi connectivity index (χ3v) is 5.57. The lowest BCUT2D eigenvalue weighted by Crippen LogP contribution is -2.35. The van der Waals surface area contributed by atoms with Crippen molar-refractivity contribution in [2.75, 3.05) is 6.61 Å². The first-order chi connectivity index (χ1) is 9.79. The van der Waals surface area contributed by atoms with Crippen LogP contribution >= 0.6 is 0 Å². The molecule has 118 valence electrons. The van der Waals surface area contributed by atoms with Gasteiger partial charge in [-0.05, 0) is 37.5 Å². The SMILES string of the molecule is CCCCCCC(CCC)C1CCC2(CCOO2)CC1. The average molecular weight is 282 g/mol. The van der Waals surface area contributed by atoms with E-state index in [1.54, 1.807) is 0 Å². The van der Waals surface area contributed by atoms with Gasteiger partial charge in [0.1, 0.15) is 5.60 Å². The fraction of sp³-hybridized carbons (Fsp3) is 1.00. The van der Waals surface area contributed by atoms with Gasteiger partial charge in [0.2, 0.25) is 0 Å². The van der Waals surface area contributed by atoms with E-state index in [-0.39, 0.29) is 5.60 Å². The minimum Gasteiger partial charge on any atom is -0.236 e. The highest BCUT2D eigenvalue weighted by Gasteiger charge is 2.41. The molecule has 1 aliphatic heterocycles. The van der Waals surface area contributed by atoms with E-state index in [4.69, 9.17) is 9.78 Å². The predicted molar refractivity (Wildman–Crippen MR) is 83.5 cm³/mol. The summed E-state index contributed by atoms with van der Waals surface area (Å²) in [5, 5.41) is 0. The van der Waals surface area contributed by atoms with Crippen LogP contribution in [0.2, 0.25) is 0 Å². The molecule has 0 aromatic carbocycles. The molecule has 20 heavy (non-hydrogen) atoms. The van der Waals surface area contributed by atoms with E-state index in [0.29, 0.717) is 0 Å². The summed E-state index contributed by atoms with van der Waals surface area (Å²) in [6.45, 7) is 5.45. The molecule has 1 spiro atoms. The Kier molecular flexibility index (Phi) is 6.83. The molecule has 0 bridgehead atoms. The Morgan fingerprint density at radius 1 is 0.950 bits per heavy atom. The molecule has 0 amide bonds. The third kappa shape index (κ3) is 4.46. The van der Waals surface area contributed by atoms with Crippen molar-refractivity contribution in [3.63, 3.8) is 0 Å². The van der Waals surface area contributed by atoms with E-state index >= 15 is 0 Å². The van der Waals surface area contributed by atoms with E-state index < -0.39 is 0 Å². The standard InChI is InChI=1S/C18H34O2/c1-3-5-6-7-9-16(8-4-2)17-10-12-18(13-11-17)14-15-19-20-18/h16-17H,3-15H2,1-2H3. The maximum Gasteiger partial charge on any atom is 0.106 e. The van der Waals surface area contributed by atoms with Crippen molar-refractivity contribution in [2.24, 2.45) is 11.8 Å². The Morgan fingerprint density at radius 3 is 2.35 bits per heavy atom. The van der Waals surface area contributed by atoms with Crippen LogP contribution in [0, 0.1) is 11.8 Å². The first-order valence-electron chi connectivity index (χ1n) is 9.10. The van der Waals surface area contributed by atoms with Crippen LogP contribution in [-0.4, -0.2) is 12.2 Å². The summed E-state index contributed by atoms with van der Waals surface area (Å²) in [5.41, 5.74) is 0.107. The van der Waals surface area contributed by atoms with Crippen LogP contribution in [0.5, 0.6) is 0 Å². The maximum atomic E-state index is 5.58. The lowest BCUT2D eigenvalue weighted by atomic mass is 9.70. The summed E-state index contributed by atoms with van der Waals surface area (Å²) in [4.78, 5) is 10.8. The second-order valence-corrected chi connectivity index (χ2v) is 7.07. The van der Waals surface area contributed by atoms with E-state index in [0.717, 1.165) is 24.9 Å². The molecule has 0 radical (unpaired) electrons. The van der Waals surface area contributed by atoms with Gasteiger partial charge in [-0.3, -0.25) is 0 Å². The van der Waals surface area contributed by atoms with Gasteiger partial charge >= 0.3 is 0 Å². The molecule has 1 unspecified atom stereocenters. The Balaban J connectivity index is 1.75. The zero-order valence-corrected chi connectivity index (χ0v) is 13.7. The van der Waals surface area contributed by atoms with Gasteiger partial charge in [-0.15, -0.1) is 0 Å². The molecule has 0 N–H and O–H groups in total. The summed E-state index contributed by atoms with van der Waals surface area (Å²) >= 11 is 0. The number of hydrogen-bond acceptors (Lipinski definition) is 2. The second kappa shape index (κ2) is 8.38. The molecule has 0 aromatic heterocycles. The average Bonchev–Trinajstić information content (AvgIpc) is 2.92. The summed E-state index contributed by atoms with van der Waals surface area (Å²) in [6, 6.07) is 0. The molecule has 1 saturated heterocycles. The normalized spacial score (nSPS) is 31.8. The van der Waals surface area contributed by atoms with Gasteiger partial charge in [-0.1, -0.05) is 58.8 Å². The topological polar surface area (TPSA) is 18.5 Å². The van der Waals surface area contributed by atoms with Crippen LogP contribution < -0.4 is 0 Å². The summed E-state index contributed by atoms with van der Waals surface area (Å²) < 4.78 is 0. The molecular weight excluding hydrogens is 248 g/mol. The highest BCUT2D eigenvalue weighted by molar-refractivity contribution is 4.89. The smallest absolute Gasteiger partial charge is 0.106 e. The fourth-order valence-electron chi connectivity index (χ4n) is 4.23. The Morgan fingerprint density at radius 2 is 1.75 bits per heavy atom. The minimum absolute atomic E-state index is 0.107. The molecule has 2 aliphatic rings. The molecule has 1 aliphatic carbocycles. The Labute approximate surface area is 125 Å². The van der Waals surface area contributed by atoms with Crippen molar-refractivity contribution in [1.82, 2.24) is 0 Å². The molecule has 1 saturated carbocycles. The molecule has 1 atom stereocenters. The van der Waals surface area contributed by atoms with E-state index in [9.17, 15) is 0 Å². The van der Waals surface area contributed by atoms with E-state index in [2.05, 4.69) is 13.8 Å². The summed E-state index contributed by atoms with van der Waals surface area (Å²) in [5.74, 6) is 1.92. The van der Waals surface area contributed by atoms with E-state index in [1.807, 2.05) is 0 Å². The molecule has 2 nitrogen and oxygen atoms in total. The monoisotopic (exact) mass is 282 g/mol. The lowest BCUT2D eigenvalue weighted by molar-refractivity contribution is -0.316. The van der Waals surface area contributed by atoms with Crippen molar-refractivity contribution in [2.45, 2.75) is 96.5 Å². The summed E-state index contributed by atoms with van der Waals surface area (Å²) in [6.07, 6.45) is 16.2.